The van der Waals surface area contributed by atoms with Gasteiger partial charge in [0.15, 0.2) is 0 Å². The third-order valence-corrected chi connectivity index (χ3v) is 7.81. The molecule has 3 rings (SSSR count). The highest BCUT2D eigenvalue weighted by Gasteiger charge is 2.19. The van der Waals surface area contributed by atoms with Crippen LogP contribution in [0, 0.1) is 41.5 Å². The molecule has 0 heterocycles. The topological polar surface area (TPSA) is 20.2 Å². The molecule has 3 aromatic carbocycles. The summed E-state index contributed by atoms with van der Waals surface area (Å²) >= 11 is 0. The SMILES string of the molecule is Cc1cc(P(c2ccc(O)cc2)c2cc(C)c(C)c(C)c2)cc(C)c1C. The third kappa shape index (κ3) is 3.55. The first-order valence-corrected chi connectivity index (χ1v) is 10.4. The van der Waals surface area contributed by atoms with Crippen molar-refractivity contribution in [1.82, 2.24) is 0 Å². The van der Waals surface area contributed by atoms with Crippen LogP contribution in [-0.2, 0) is 0 Å². The van der Waals surface area contributed by atoms with Crippen LogP contribution < -0.4 is 15.9 Å². The maximum atomic E-state index is 9.74. The first-order valence-electron chi connectivity index (χ1n) is 9.03. The van der Waals surface area contributed by atoms with Crippen molar-refractivity contribution in [2.45, 2.75) is 41.5 Å². The van der Waals surface area contributed by atoms with Gasteiger partial charge in [0.1, 0.15) is 5.75 Å². The van der Waals surface area contributed by atoms with E-state index in [1.165, 1.54) is 49.3 Å². The van der Waals surface area contributed by atoms with Crippen molar-refractivity contribution in [2.75, 3.05) is 0 Å². The summed E-state index contributed by atoms with van der Waals surface area (Å²) in [6.45, 7) is 13.2. The number of phenols is 1. The van der Waals surface area contributed by atoms with Gasteiger partial charge in [0.05, 0.1) is 0 Å². The van der Waals surface area contributed by atoms with Gasteiger partial charge in [0.2, 0.25) is 0 Å². The van der Waals surface area contributed by atoms with E-state index >= 15 is 0 Å². The van der Waals surface area contributed by atoms with E-state index in [-0.39, 0.29) is 0 Å². The van der Waals surface area contributed by atoms with Gasteiger partial charge in [0.25, 0.3) is 0 Å². The number of aryl methyl sites for hydroxylation is 4. The maximum Gasteiger partial charge on any atom is 0.115 e. The molecule has 0 aliphatic carbocycles. The number of hydrogen-bond donors (Lipinski definition) is 1. The maximum absolute atomic E-state index is 9.74. The van der Waals surface area contributed by atoms with Crippen LogP contribution >= 0.6 is 7.92 Å². The molecule has 0 saturated carbocycles. The van der Waals surface area contributed by atoms with Gasteiger partial charge in [-0.2, -0.15) is 0 Å². The zero-order valence-corrected chi connectivity index (χ0v) is 17.4. The monoisotopic (exact) mass is 362 g/mol. The zero-order chi connectivity index (χ0) is 19.0. The summed E-state index contributed by atoms with van der Waals surface area (Å²) in [4.78, 5) is 0. The Hall–Kier alpha value is -2.11. The summed E-state index contributed by atoms with van der Waals surface area (Å²) < 4.78 is 0. The summed E-state index contributed by atoms with van der Waals surface area (Å²) in [6.07, 6.45) is 0. The van der Waals surface area contributed by atoms with Crippen molar-refractivity contribution < 1.29 is 5.11 Å². The largest absolute Gasteiger partial charge is 0.508 e. The number of benzene rings is 3. The van der Waals surface area contributed by atoms with Crippen LogP contribution in [0.3, 0.4) is 0 Å². The lowest BCUT2D eigenvalue weighted by atomic mass is 10.0. The van der Waals surface area contributed by atoms with Gasteiger partial charge in [-0.25, -0.2) is 0 Å². The molecule has 0 aliphatic rings. The minimum atomic E-state index is -0.659. The van der Waals surface area contributed by atoms with E-state index in [4.69, 9.17) is 0 Å². The predicted octanol–water partition coefficient (Wildman–Crippen LogP) is 5.00. The summed E-state index contributed by atoms with van der Waals surface area (Å²) in [7, 11) is -0.659. The molecule has 0 saturated heterocycles. The van der Waals surface area contributed by atoms with Gasteiger partial charge in [-0.05, 0) is 111 Å². The Morgan fingerprint density at radius 2 is 0.885 bits per heavy atom. The summed E-state index contributed by atoms with van der Waals surface area (Å²) in [5.74, 6) is 0.316. The van der Waals surface area contributed by atoms with E-state index < -0.39 is 7.92 Å². The lowest BCUT2D eigenvalue weighted by Gasteiger charge is -2.23. The molecule has 0 spiro atoms. The van der Waals surface area contributed by atoms with Crippen molar-refractivity contribution >= 4 is 23.8 Å². The first-order chi connectivity index (χ1) is 12.3. The van der Waals surface area contributed by atoms with Crippen LogP contribution in [0.4, 0.5) is 0 Å². The van der Waals surface area contributed by atoms with E-state index in [9.17, 15) is 5.11 Å². The Labute approximate surface area is 158 Å². The number of phenolic OH excluding ortho intramolecular Hbond substituents is 1. The molecule has 0 aromatic heterocycles. The fraction of sp³-hybridized carbons (Fsp3) is 0.250. The van der Waals surface area contributed by atoms with Gasteiger partial charge < -0.3 is 5.11 Å². The number of hydrogen-bond acceptors (Lipinski definition) is 1. The molecule has 0 aliphatic heterocycles. The Balaban J connectivity index is 2.25. The Morgan fingerprint density at radius 3 is 1.23 bits per heavy atom. The molecular weight excluding hydrogens is 335 g/mol. The summed E-state index contributed by atoms with van der Waals surface area (Å²) in [6, 6.07) is 17.1. The second-order valence-corrected chi connectivity index (χ2v) is 9.48. The molecular formula is C24H27OP. The zero-order valence-electron chi connectivity index (χ0n) is 16.5. The number of aromatic hydroxyl groups is 1. The molecule has 0 radical (unpaired) electrons. The first kappa shape index (κ1) is 18.7. The van der Waals surface area contributed by atoms with E-state index in [1.54, 1.807) is 12.1 Å². The molecule has 0 unspecified atom stereocenters. The van der Waals surface area contributed by atoms with Crippen molar-refractivity contribution in [2.24, 2.45) is 0 Å². The lowest BCUT2D eigenvalue weighted by Crippen LogP contribution is -2.22. The Bertz CT molecular complexity index is 851. The average molecular weight is 362 g/mol. The molecule has 134 valence electrons. The fourth-order valence-corrected chi connectivity index (χ4v) is 5.97. The molecule has 0 bridgehead atoms. The van der Waals surface area contributed by atoms with Crippen LogP contribution in [0.2, 0.25) is 0 Å². The van der Waals surface area contributed by atoms with Crippen LogP contribution in [0.25, 0.3) is 0 Å². The van der Waals surface area contributed by atoms with Gasteiger partial charge in [0, 0.05) is 0 Å². The normalized spacial score (nSPS) is 11.2. The van der Waals surface area contributed by atoms with Gasteiger partial charge in [-0.1, -0.05) is 36.4 Å². The van der Waals surface area contributed by atoms with Crippen LogP contribution in [0.1, 0.15) is 33.4 Å². The van der Waals surface area contributed by atoms with Gasteiger partial charge >= 0.3 is 0 Å². The van der Waals surface area contributed by atoms with Crippen LogP contribution in [0.5, 0.6) is 5.75 Å². The molecule has 3 aromatic rings. The fourth-order valence-electron chi connectivity index (χ4n) is 3.33. The predicted molar refractivity (Wildman–Crippen MR) is 115 cm³/mol. The van der Waals surface area contributed by atoms with E-state index in [1.807, 2.05) is 0 Å². The van der Waals surface area contributed by atoms with E-state index in [2.05, 4.69) is 77.9 Å². The van der Waals surface area contributed by atoms with Gasteiger partial charge in [-0.15, -0.1) is 0 Å². The van der Waals surface area contributed by atoms with Crippen molar-refractivity contribution in [3.05, 3.63) is 81.9 Å². The molecule has 0 fully saturated rings. The minimum absolute atomic E-state index is 0.316. The highest BCUT2D eigenvalue weighted by molar-refractivity contribution is 7.79. The highest BCUT2D eigenvalue weighted by Crippen LogP contribution is 2.35. The van der Waals surface area contributed by atoms with Crippen molar-refractivity contribution in [3.63, 3.8) is 0 Å². The smallest absolute Gasteiger partial charge is 0.115 e. The second kappa shape index (κ2) is 7.25. The standard InChI is InChI=1S/C24H27OP/c1-15-11-23(12-16(2)19(15)5)26(22-9-7-21(25)8-10-22)24-13-17(3)20(6)18(4)14-24/h7-14,25H,1-6H3. The molecule has 1 nitrogen and oxygen atoms in total. The molecule has 1 N–H and O–H groups in total. The highest BCUT2D eigenvalue weighted by atomic mass is 31.1. The van der Waals surface area contributed by atoms with Crippen LogP contribution in [0.15, 0.2) is 48.5 Å². The van der Waals surface area contributed by atoms with Crippen molar-refractivity contribution in [1.29, 1.82) is 0 Å². The van der Waals surface area contributed by atoms with Crippen molar-refractivity contribution in [3.8, 4) is 5.75 Å². The number of rotatable bonds is 3. The molecule has 26 heavy (non-hydrogen) atoms. The van der Waals surface area contributed by atoms with Gasteiger partial charge in [-0.3, -0.25) is 0 Å². The molecule has 2 heteroatoms. The summed E-state index contributed by atoms with van der Waals surface area (Å²) in [5.41, 5.74) is 8.09. The lowest BCUT2D eigenvalue weighted by molar-refractivity contribution is 0.475. The molecule has 0 atom stereocenters. The third-order valence-electron chi connectivity index (χ3n) is 5.45. The minimum Gasteiger partial charge on any atom is -0.508 e. The second-order valence-electron chi connectivity index (χ2n) is 7.26. The molecule has 0 amide bonds. The van der Waals surface area contributed by atoms with E-state index in [0.29, 0.717) is 5.75 Å². The van der Waals surface area contributed by atoms with Crippen LogP contribution in [-0.4, -0.2) is 5.11 Å². The quantitative estimate of drug-likeness (QED) is 0.650. The summed E-state index contributed by atoms with van der Waals surface area (Å²) in [5, 5.41) is 13.7. The Kier molecular flexibility index (Phi) is 5.21. The van der Waals surface area contributed by atoms with E-state index in [0.717, 1.165) is 0 Å². The average Bonchev–Trinajstić information content (AvgIpc) is 2.59. The Morgan fingerprint density at radius 1 is 0.538 bits per heavy atom.